The van der Waals surface area contributed by atoms with Gasteiger partial charge >= 0.3 is 0 Å². The Labute approximate surface area is 224 Å². The molecule has 3 aliphatic rings. The molecule has 2 aromatic carbocycles. The Morgan fingerprint density at radius 3 is 2.53 bits per heavy atom. The minimum Gasteiger partial charge on any atom is -0.490 e. The Kier molecular flexibility index (Phi) is 7.74. The molecule has 1 atom stereocenters. The van der Waals surface area contributed by atoms with Crippen LogP contribution in [-0.4, -0.2) is 78.8 Å². The first-order chi connectivity index (χ1) is 18.7. The fourth-order valence-electron chi connectivity index (χ4n) is 5.85. The second-order valence-electron chi connectivity index (χ2n) is 10.6. The number of ether oxygens (including phenoxy) is 3. The Bertz CT molecular complexity index is 1230. The Hall–Kier alpha value is -3.16. The zero-order chi connectivity index (χ0) is 25.7. The number of likely N-dealkylation sites (tertiary alicyclic amines) is 2. The van der Waals surface area contributed by atoms with Gasteiger partial charge in [-0.05, 0) is 68.6 Å². The summed E-state index contributed by atoms with van der Waals surface area (Å²) >= 11 is 0. The molecule has 0 radical (unpaired) electrons. The molecule has 0 N–H and O–H groups in total. The van der Waals surface area contributed by atoms with Crippen LogP contribution < -0.4 is 9.47 Å². The third-order valence-electron chi connectivity index (χ3n) is 8.01. The average Bonchev–Trinajstić information content (AvgIpc) is 3.69. The maximum absolute atomic E-state index is 12.6. The summed E-state index contributed by atoms with van der Waals surface area (Å²) in [5.74, 6) is 1.85. The molecule has 0 aliphatic carbocycles. The van der Waals surface area contributed by atoms with Crippen molar-refractivity contribution in [2.24, 2.45) is 0 Å². The number of rotatable bonds is 8. The van der Waals surface area contributed by atoms with Gasteiger partial charge in [0.1, 0.15) is 30.1 Å². The molecular weight excluding hydrogens is 478 g/mol. The van der Waals surface area contributed by atoms with Gasteiger partial charge in [-0.1, -0.05) is 24.3 Å². The molecule has 7 heteroatoms. The van der Waals surface area contributed by atoms with E-state index in [1.165, 1.54) is 12.8 Å². The van der Waals surface area contributed by atoms with Crippen molar-refractivity contribution in [3.8, 4) is 22.6 Å². The number of benzene rings is 2. The minimum atomic E-state index is -0.237. The quantitative estimate of drug-likeness (QED) is 0.424. The van der Waals surface area contributed by atoms with Crippen LogP contribution in [-0.2, 0) is 9.53 Å². The lowest BCUT2D eigenvalue weighted by Crippen LogP contribution is -2.45. The summed E-state index contributed by atoms with van der Waals surface area (Å²) < 4.78 is 18.3. The highest BCUT2D eigenvalue weighted by Crippen LogP contribution is 2.37. The zero-order valence-electron chi connectivity index (χ0n) is 22.0. The number of carbonyl (C=O) groups excluding carboxylic acids is 1. The average molecular weight is 516 g/mol. The van der Waals surface area contributed by atoms with Crippen molar-refractivity contribution in [2.75, 3.05) is 45.9 Å². The van der Waals surface area contributed by atoms with Crippen LogP contribution in [0.25, 0.3) is 22.0 Å². The van der Waals surface area contributed by atoms with Crippen molar-refractivity contribution in [2.45, 2.75) is 50.7 Å². The smallest absolute Gasteiger partial charge is 0.251 e. The van der Waals surface area contributed by atoms with Gasteiger partial charge in [-0.3, -0.25) is 14.7 Å². The largest absolute Gasteiger partial charge is 0.490 e. The molecule has 6 rings (SSSR count). The van der Waals surface area contributed by atoms with E-state index < -0.39 is 0 Å². The van der Waals surface area contributed by atoms with Gasteiger partial charge in [0.25, 0.3) is 5.91 Å². The second kappa shape index (κ2) is 11.7. The number of pyridine rings is 1. The van der Waals surface area contributed by atoms with E-state index in [4.69, 9.17) is 14.2 Å². The third kappa shape index (κ3) is 5.64. The predicted octanol–water partition coefficient (Wildman–Crippen LogP) is 4.93. The van der Waals surface area contributed by atoms with Crippen LogP contribution in [0.15, 0.2) is 54.7 Å². The molecule has 3 fully saturated rings. The van der Waals surface area contributed by atoms with Crippen LogP contribution in [0.5, 0.6) is 11.5 Å². The van der Waals surface area contributed by atoms with E-state index in [-0.39, 0.29) is 18.1 Å². The number of hydrogen-bond acceptors (Lipinski definition) is 6. The van der Waals surface area contributed by atoms with Gasteiger partial charge in [-0.25, -0.2) is 0 Å². The van der Waals surface area contributed by atoms with Crippen LogP contribution in [0, 0.1) is 0 Å². The molecule has 0 saturated carbocycles. The van der Waals surface area contributed by atoms with Crippen molar-refractivity contribution in [3.63, 3.8) is 0 Å². The van der Waals surface area contributed by atoms with Crippen molar-refractivity contribution < 1.29 is 19.0 Å². The number of aromatic nitrogens is 1. The van der Waals surface area contributed by atoms with Gasteiger partial charge in [0.2, 0.25) is 0 Å². The van der Waals surface area contributed by atoms with Crippen LogP contribution in [0.4, 0.5) is 0 Å². The number of hydrogen-bond donors (Lipinski definition) is 0. The summed E-state index contributed by atoms with van der Waals surface area (Å²) in [7, 11) is 0. The highest BCUT2D eigenvalue weighted by Gasteiger charge is 2.31. The van der Waals surface area contributed by atoms with Crippen molar-refractivity contribution in [3.05, 3.63) is 54.7 Å². The van der Waals surface area contributed by atoms with Gasteiger partial charge in [-0.15, -0.1) is 0 Å². The van der Waals surface area contributed by atoms with Crippen LogP contribution in [0.1, 0.15) is 38.5 Å². The normalized spacial score (nSPS) is 20.7. The number of nitrogens with zero attached hydrogens (tertiary/aromatic N) is 3. The monoisotopic (exact) mass is 515 g/mol. The summed E-state index contributed by atoms with van der Waals surface area (Å²) in [6, 6.07) is 16.6. The highest BCUT2D eigenvalue weighted by molar-refractivity contribution is 5.92. The molecule has 4 heterocycles. The number of piperidine rings is 1. The third-order valence-corrected chi connectivity index (χ3v) is 8.01. The molecule has 3 aliphatic heterocycles. The fourth-order valence-corrected chi connectivity index (χ4v) is 5.85. The summed E-state index contributed by atoms with van der Waals surface area (Å²) in [6.45, 7) is 6.07. The van der Waals surface area contributed by atoms with Crippen LogP contribution in [0.3, 0.4) is 0 Å². The summed E-state index contributed by atoms with van der Waals surface area (Å²) in [6.07, 6.45) is 7.77. The molecule has 1 amide bonds. The first-order valence-corrected chi connectivity index (χ1v) is 14.1. The van der Waals surface area contributed by atoms with E-state index in [0.29, 0.717) is 13.2 Å². The molecule has 1 unspecified atom stereocenters. The van der Waals surface area contributed by atoms with Gasteiger partial charge < -0.3 is 19.1 Å². The molecule has 0 spiro atoms. The predicted molar refractivity (Wildman–Crippen MR) is 148 cm³/mol. The first-order valence-electron chi connectivity index (χ1n) is 14.1. The maximum Gasteiger partial charge on any atom is 0.251 e. The van der Waals surface area contributed by atoms with Crippen molar-refractivity contribution >= 4 is 16.8 Å². The van der Waals surface area contributed by atoms with Crippen molar-refractivity contribution in [1.82, 2.24) is 14.8 Å². The van der Waals surface area contributed by atoms with E-state index in [9.17, 15) is 4.79 Å². The van der Waals surface area contributed by atoms with Gasteiger partial charge in [0, 0.05) is 56.2 Å². The fraction of sp³-hybridized carbons (Fsp3) is 0.484. The first kappa shape index (κ1) is 25.1. The molecule has 0 bridgehead atoms. The van der Waals surface area contributed by atoms with E-state index in [1.807, 2.05) is 29.3 Å². The zero-order valence-corrected chi connectivity index (χ0v) is 22.0. The Balaban J connectivity index is 1.11. The van der Waals surface area contributed by atoms with Gasteiger partial charge in [0.05, 0.1) is 0 Å². The minimum absolute atomic E-state index is 0.115. The summed E-state index contributed by atoms with van der Waals surface area (Å²) in [5.41, 5.74) is 3.03. The molecule has 1 aromatic heterocycles. The topological polar surface area (TPSA) is 64.1 Å². The summed E-state index contributed by atoms with van der Waals surface area (Å²) in [4.78, 5) is 21.7. The van der Waals surface area contributed by atoms with E-state index in [0.717, 1.165) is 91.9 Å². The van der Waals surface area contributed by atoms with E-state index in [2.05, 4.69) is 40.2 Å². The summed E-state index contributed by atoms with van der Waals surface area (Å²) in [5, 5.41) is 1.08. The van der Waals surface area contributed by atoms with Crippen LogP contribution in [0.2, 0.25) is 0 Å². The lowest BCUT2D eigenvalue weighted by Gasteiger charge is -2.33. The molecule has 200 valence electrons. The van der Waals surface area contributed by atoms with Gasteiger partial charge in [0.15, 0.2) is 5.75 Å². The van der Waals surface area contributed by atoms with Crippen molar-refractivity contribution in [1.29, 1.82) is 0 Å². The Morgan fingerprint density at radius 1 is 0.947 bits per heavy atom. The SMILES string of the molecule is O=C(C1CCCO1)N1CCC(Oc2ccc(-c3ccc4cccnc4c3OCCN3CCCC3)cc2)CC1. The molecular formula is C31H37N3O4. The number of amides is 1. The molecule has 38 heavy (non-hydrogen) atoms. The van der Waals surface area contributed by atoms with E-state index in [1.54, 1.807) is 0 Å². The second-order valence-corrected chi connectivity index (χ2v) is 10.6. The lowest BCUT2D eigenvalue weighted by molar-refractivity contribution is -0.142. The van der Waals surface area contributed by atoms with Crippen LogP contribution >= 0.6 is 0 Å². The molecule has 7 nitrogen and oxygen atoms in total. The molecule has 3 aromatic rings. The standard InChI is InChI=1S/C31H37N3O4/c35-31(28-6-4-21-36-28)34-18-13-26(14-19-34)38-25-10-7-23(8-11-25)27-12-9-24-5-3-15-32-29(24)30(27)37-22-20-33-16-1-2-17-33/h3,5,7-12,15,26,28H,1-2,4,6,13-14,16-22H2. The lowest BCUT2D eigenvalue weighted by atomic mass is 10.0. The van der Waals surface area contributed by atoms with E-state index >= 15 is 0 Å². The number of fused-ring (bicyclic) bond motifs is 1. The highest BCUT2D eigenvalue weighted by atomic mass is 16.5. The number of carbonyl (C=O) groups is 1. The Morgan fingerprint density at radius 2 is 1.76 bits per heavy atom. The molecule has 3 saturated heterocycles. The van der Waals surface area contributed by atoms with Gasteiger partial charge in [-0.2, -0.15) is 0 Å². The maximum atomic E-state index is 12.6.